The van der Waals surface area contributed by atoms with E-state index in [1.54, 1.807) is 18.2 Å². The maximum Gasteiger partial charge on any atom is 0.306 e. The van der Waals surface area contributed by atoms with Gasteiger partial charge in [-0.3, -0.25) is 9.48 Å². The van der Waals surface area contributed by atoms with E-state index in [1.807, 2.05) is 35.3 Å². The first-order valence-corrected chi connectivity index (χ1v) is 12.8. The lowest BCUT2D eigenvalue weighted by Crippen LogP contribution is -2.36. The summed E-state index contributed by atoms with van der Waals surface area (Å²) < 4.78 is 1.93. The van der Waals surface area contributed by atoms with Gasteiger partial charge in [0, 0.05) is 36.6 Å². The van der Waals surface area contributed by atoms with Crippen molar-refractivity contribution in [1.29, 1.82) is 0 Å². The zero-order chi connectivity index (χ0) is 26.2. The number of hydrogen-bond donors (Lipinski definition) is 3. The van der Waals surface area contributed by atoms with Gasteiger partial charge < -0.3 is 20.8 Å². The Morgan fingerprint density at radius 1 is 1.05 bits per heavy atom. The highest BCUT2D eigenvalue weighted by atomic mass is 16.4. The van der Waals surface area contributed by atoms with Gasteiger partial charge >= 0.3 is 5.97 Å². The maximum atomic E-state index is 11.2. The SMILES string of the molecule is Nc1nn(C2CCN(c3ncc(C4=CCC(C(=O)O)CC4)cn3)CC2)c2cc(-c3ccccc3O)nnc12. The van der Waals surface area contributed by atoms with Crippen molar-refractivity contribution in [3.63, 3.8) is 0 Å². The second kappa shape index (κ2) is 9.73. The van der Waals surface area contributed by atoms with Crippen LogP contribution < -0.4 is 10.6 Å². The molecule has 1 aromatic carbocycles. The molecule has 0 spiro atoms. The number of aromatic nitrogens is 6. The number of nitrogens with zero attached hydrogens (tertiary/aromatic N) is 7. The van der Waals surface area contributed by atoms with E-state index in [1.165, 1.54) is 0 Å². The van der Waals surface area contributed by atoms with Gasteiger partial charge in [-0.2, -0.15) is 5.10 Å². The quantitative estimate of drug-likeness (QED) is 0.360. The fraction of sp³-hybridized carbons (Fsp3) is 0.333. The average Bonchev–Trinajstić information content (AvgIpc) is 3.29. The molecule has 4 N–H and O–H groups in total. The number of fused-ring (bicyclic) bond motifs is 1. The molecule has 11 heteroatoms. The smallest absolute Gasteiger partial charge is 0.306 e. The Balaban J connectivity index is 1.16. The zero-order valence-corrected chi connectivity index (χ0v) is 20.7. The number of carbonyl (C=O) groups is 1. The van der Waals surface area contributed by atoms with Crippen LogP contribution in [0, 0.1) is 5.92 Å². The van der Waals surface area contributed by atoms with E-state index in [9.17, 15) is 15.0 Å². The highest BCUT2D eigenvalue weighted by Crippen LogP contribution is 2.34. The van der Waals surface area contributed by atoms with Gasteiger partial charge in [-0.1, -0.05) is 18.2 Å². The molecule has 1 saturated heterocycles. The zero-order valence-electron chi connectivity index (χ0n) is 20.7. The Kier molecular flexibility index (Phi) is 6.10. The summed E-state index contributed by atoms with van der Waals surface area (Å²) in [6, 6.07) is 9.04. The third kappa shape index (κ3) is 4.40. The first kappa shape index (κ1) is 23.8. The van der Waals surface area contributed by atoms with E-state index in [4.69, 9.17) is 5.73 Å². The molecule has 1 aliphatic heterocycles. The van der Waals surface area contributed by atoms with Gasteiger partial charge in [0.25, 0.3) is 0 Å². The van der Waals surface area contributed by atoms with Crippen molar-refractivity contribution < 1.29 is 15.0 Å². The minimum atomic E-state index is -0.732. The van der Waals surface area contributed by atoms with Crippen molar-refractivity contribution in [2.24, 2.45) is 5.92 Å². The molecule has 11 nitrogen and oxygen atoms in total. The minimum absolute atomic E-state index is 0.126. The van der Waals surface area contributed by atoms with Gasteiger partial charge in [-0.15, -0.1) is 10.2 Å². The van der Waals surface area contributed by atoms with Gasteiger partial charge in [-0.25, -0.2) is 9.97 Å². The predicted molar refractivity (Wildman–Crippen MR) is 142 cm³/mol. The molecule has 1 fully saturated rings. The van der Waals surface area contributed by atoms with Crippen LogP contribution in [0.15, 0.2) is 48.8 Å². The Hall–Kier alpha value is -4.54. The monoisotopic (exact) mass is 512 g/mol. The number of aliphatic carboxylic acids is 1. The molecular weight excluding hydrogens is 484 g/mol. The lowest BCUT2D eigenvalue weighted by molar-refractivity contribution is -0.141. The topological polar surface area (TPSA) is 156 Å². The largest absolute Gasteiger partial charge is 0.507 e. The number of phenolic OH excluding ortho intramolecular Hbond substituents is 1. The highest BCUT2D eigenvalue weighted by Gasteiger charge is 2.26. The van der Waals surface area contributed by atoms with Gasteiger partial charge in [0.05, 0.1) is 23.2 Å². The fourth-order valence-corrected chi connectivity index (χ4v) is 5.34. The summed E-state index contributed by atoms with van der Waals surface area (Å²) in [7, 11) is 0. The molecule has 1 unspecified atom stereocenters. The summed E-state index contributed by atoms with van der Waals surface area (Å²) in [5.41, 5.74) is 10.8. The van der Waals surface area contributed by atoms with Gasteiger partial charge in [-0.05, 0) is 55.9 Å². The van der Waals surface area contributed by atoms with Crippen LogP contribution in [0.2, 0.25) is 0 Å². The Morgan fingerprint density at radius 3 is 2.50 bits per heavy atom. The molecule has 2 aliphatic rings. The van der Waals surface area contributed by atoms with E-state index in [2.05, 4.69) is 30.2 Å². The van der Waals surface area contributed by atoms with Crippen molar-refractivity contribution in [2.75, 3.05) is 23.7 Å². The summed E-state index contributed by atoms with van der Waals surface area (Å²) in [4.78, 5) is 22.6. The van der Waals surface area contributed by atoms with Crippen LogP contribution in [-0.2, 0) is 4.79 Å². The second-order valence-electron chi connectivity index (χ2n) is 9.84. The number of carboxylic acid groups (broad SMARTS) is 1. The Labute approximate surface area is 218 Å². The van der Waals surface area contributed by atoms with E-state index < -0.39 is 5.97 Å². The molecule has 1 aliphatic carbocycles. The van der Waals surface area contributed by atoms with Crippen LogP contribution in [0.4, 0.5) is 11.8 Å². The molecule has 0 saturated carbocycles. The lowest BCUT2D eigenvalue weighted by Gasteiger charge is -2.32. The van der Waals surface area contributed by atoms with Crippen LogP contribution in [0.5, 0.6) is 5.75 Å². The number of phenols is 1. The Bertz CT molecular complexity index is 1520. The molecule has 4 aromatic rings. The average molecular weight is 513 g/mol. The standard InChI is InChI=1S/C27H28N8O3/c28-25-24-22(13-21(31-32-24)20-3-1-2-4-23(20)36)35(33-25)19-9-11-34(12-10-19)27-29-14-18(15-30-27)16-5-7-17(8-6-16)26(37)38/h1-5,13-15,17,19,36H,6-12H2,(H2,28,33)(H,37,38). The van der Waals surface area contributed by atoms with Gasteiger partial charge in [0.15, 0.2) is 11.3 Å². The second-order valence-corrected chi connectivity index (χ2v) is 9.84. The Morgan fingerprint density at radius 2 is 1.82 bits per heavy atom. The number of benzene rings is 1. The molecule has 4 heterocycles. The van der Waals surface area contributed by atoms with Crippen molar-refractivity contribution in [3.8, 4) is 17.0 Å². The van der Waals surface area contributed by atoms with Crippen LogP contribution >= 0.6 is 0 Å². The third-order valence-corrected chi connectivity index (χ3v) is 7.52. The molecular formula is C27H28N8O3. The van der Waals surface area contributed by atoms with E-state index >= 15 is 0 Å². The first-order chi connectivity index (χ1) is 18.5. The summed E-state index contributed by atoms with van der Waals surface area (Å²) >= 11 is 0. The lowest BCUT2D eigenvalue weighted by atomic mass is 9.87. The molecule has 6 rings (SSSR count). The number of anilines is 2. The molecule has 0 amide bonds. The molecule has 0 radical (unpaired) electrons. The number of carboxylic acids is 1. The summed E-state index contributed by atoms with van der Waals surface area (Å²) in [5.74, 6) is 0.134. The number of hydrogen-bond acceptors (Lipinski definition) is 9. The van der Waals surface area contributed by atoms with Crippen LogP contribution in [0.3, 0.4) is 0 Å². The van der Waals surface area contributed by atoms with Crippen molar-refractivity contribution in [1.82, 2.24) is 29.9 Å². The number of piperidine rings is 1. The van der Waals surface area contributed by atoms with Gasteiger partial charge in [0.1, 0.15) is 5.75 Å². The van der Waals surface area contributed by atoms with Crippen molar-refractivity contribution in [2.45, 2.75) is 38.1 Å². The van der Waals surface area contributed by atoms with Crippen LogP contribution in [0.1, 0.15) is 43.7 Å². The third-order valence-electron chi connectivity index (χ3n) is 7.52. The van der Waals surface area contributed by atoms with E-state index in [0.29, 0.717) is 41.4 Å². The summed E-state index contributed by atoms with van der Waals surface area (Å²) in [6.07, 6.45) is 9.25. The number of para-hydroxylation sites is 1. The van der Waals surface area contributed by atoms with Crippen LogP contribution in [-0.4, -0.2) is 59.2 Å². The van der Waals surface area contributed by atoms with E-state index in [-0.39, 0.29) is 17.7 Å². The van der Waals surface area contributed by atoms with Crippen LogP contribution in [0.25, 0.3) is 27.9 Å². The first-order valence-electron chi connectivity index (χ1n) is 12.8. The molecule has 194 valence electrons. The highest BCUT2D eigenvalue weighted by molar-refractivity contribution is 5.87. The maximum absolute atomic E-state index is 11.2. The minimum Gasteiger partial charge on any atom is -0.507 e. The normalized spacial score (nSPS) is 18.5. The number of allylic oxidation sites excluding steroid dienone is 2. The van der Waals surface area contributed by atoms with Gasteiger partial charge in [0.2, 0.25) is 5.95 Å². The number of aromatic hydroxyl groups is 1. The van der Waals surface area contributed by atoms with Crippen molar-refractivity contribution in [3.05, 3.63) is 54.4 Å². The molecule has 1 atom stereocenters. The fourth-order valence-electron chi connectivity index (χ4n) is 5.34. The van der Waals surface area contributed by atoms with E-state index in [0.717, 1.165) is 49.0 Å². The summed E-state index contributed by atoms with van der Waals surface area (Å²) in [6.45, 7) is 1.53. The number of rotatable bonds is 5. The number of nitrogens with two attached hydrogens (primary N) is 1. The summed E-state index contributed by atoms with van der Waals surface area (Å²) in [5, 5.41) is 32.6. The predicted octanol–water partition coefficient (Wildman–Crippen LogP) is 3.68. The molecule has 38 heavy (non-hydrogen) atoms. The molecule has 3 aromatic heterocycles. The van der Waals surface area contributed by atoms with Crippen molar-refractivity contribution >= 4 is 34.3 Å². The molecule has 0 bridgehead atoms. The number of nitrogen functional groups attached to an aromatic ring is 1.